The molecular formula is C9H9NO2. The molecule has 1 heterocycles. The highest BCUT2D eigenvalue weighted by Crippen LogP contribution is 2.13. The fourth-order valence-corrected chi connectivity index (χ4v) is 0.908. The SMILES string of the molecule is C=CC(C(=O)O)c1ccccn1. The molecule has 0 saturated heterocycles. The predicted octanol–water partition coefficient (Wildman–Crippen LogP) is 1.44. The molecule has 1 aromatic heterocycles. The smallest absolute Gasteiger partial charge is 0.316 e. The zero-order valence-corrected chi connectivity index (χ0v) is 6.47. The van der Waals surface area contributed by atoms with Crippen LogP contribution in [0.3, 0.4) is 0 Å². The van der Waals surface area contributed by atoms with Crippen molar-refractivity contribution in [3.05, 3.63) is 42.7 Å². The number of hydrogen-bond donors (Lipinski definition) is 1. The number of hydrogen-bond acceptors (Lipinski definition) is 2. The van der Waals surface area contributed by atoms with Crippen LogP contribution in [0.5, 0.6) is 0 Å². The van der Waals surface area contributed by atoms with Gasteiger partial charge in [0.15, 0.2) is 0 Å². The number of pyridine rings is 1. The van der Waals surface area contributed by atoms with Gasteiger partial charge in [-0.3, -0.25) is 9.78 Å². The molecule has 1 rings (SSSR count). The summed E-state index contributed by atoms with van der Waals surface area (Å²) < 4.78 is 0. The lowest BCUT2D eigenvalue weighted by Crippen LogP contribution is -2.09. The van der Waals surface area contributed by atoms with E-state index in [2.05, 4.69) is 11.6 Å². The molecule has 0 radical (unpaired) electrons. The van der Waals surface area contributed by atoms with Crippen LogP contribution >= 0.6 is 0 Å². The molecule has 0 saturated carbocycles. The highest BCUT2D eigenvalue weighted by molar-refractivity contribution is 5.77. The number of aromatic nitrogens is 1. The number of rotatable bonds is 3. The van der Waals surface area contributed by atoms with Crippen LogP contribution < -0.4 is 0 Å². The van der Waals surface area contributed by atoms with Gasteiger partial charge in [0.25, 0.3) is 0 Å². The molecule has 0 spiro atoms. The van der Waals surface area contributed by atoms with Crippen molar-refractivity contribution in [2.75, 3.05) is 0 Å². The summed E-state index contributed by atoms with van der Waals surface area (Å²) in [7, 11) is 0. The molecule has 0 aromatic carbocycles. The maximum Gasteiger partial charge on any atom is 0.316 e. The summed E-state index contributed by atoms with van der Waals surface area (Å²) >= 11 is 0. The quantitative estimate of drug-likeness (QED) is 0.686. The highest BCUT2D eigenvalue weighted by Gasteiger charge is 2.15. The van der Waals surface area contributed by atoms with Gasteiger partial charge in [-0.05, 0) is 12.1 Å². The monoisotopic (exact) mass is 163 g/mol. The molecule has 1 aromatic rings. The molecule has 0 aliphatic rings. The first-order chi connectivity index (χ1) is 5.75. The van der Waals surface area contributed by atoms with Crippen LogP contribution in [0.25, 0.3) is 0 Å². The van der Waals surface area contributed by atoms with E-state index in [1.165, 1.54) is 6.08 Å². The average Bonchev–Trinajstić information content (AvgIpc) is 2.07. The summed E-state index contributed by atoms with van der Waals surface area (Å²) in [5.74, 6) is -1.63. The second kappa shape index (κ2) is 3.67. The Hall–Kier alpha value is -1.64. The van der Waals surface area contributed by atoms with Gasteiger partial charge >= 0.3 is 5.97 Å². The first kappa shape index (κ1) is 8.46. The van der Waals surface area contributed by atoms with Crippen LogP contribution in [-0.2, 0) is 4.79 Å². The highest BCUT2D eigenvalue weighted by atomic mass is 16.4. The number of carboxylic acids is 1. The van der Waals surface area contributed by atoms with Gasteiger partial charge in [0.1, 0.15) is 5.92 Å². The van der Waals surface area contributed by atoms with Gasteiger partial charge in [0, 0.05) is 6.20 Å². The van der Waals surface area contributed by atoms with Crippen LogP contribution in [0.1, 0.15) is 11.6 Å². The summed E-state index contributed by atoms with van der Waals surface area (Å²) in [6, 6.07) is 5.16. The Morgan fingerprint density at radius 1 is 1.67 bits per heavy atom. The third-order valence-corrected chi connectivity index (χ3v) is 1.51. The Labute approximate surface area is 70.4 Å². The van der Waals surface area contributed by atoms with Crippen molar-refractivity contribution >= 4 is 5.97 Å². The van der Waals surface area contributed by atoms with E-state index in [9.17, 15) is 4.79 Å². The normalized spacial score (nSPS) is 12.0. The van der Waals surface area contributed by atoms with Crippen LogP contribution in [-0.4, -0.2) is 16.1 Å². The molecule has 12 heavy (non-hydrogen) atoms. The van der Waals surface area contributed by atoms with Crippen molar-refractivity contribution < 1.29 is 9.90 Å². The first-order valence-electron chi connectivity index (χ1n) is 3.52. The molecule has 0 aliphatic heterocycles. The van der Waals surface area contributed by atoms with E-state index in [0.717, 1.165) is 0 Å². The van der Waals surface area contributed by atoms with Crippen molar-refractivity contribution in [2.24, 2.45) is 0 Å². The van der Waals surface area contributed by atoms with E-state index in [1.54, 1.807) is 24.4 Å². The van der Waals surface area contributed by atoms with Crippen LogP contribution in [0.2, 0.25) is 0 Å². The van der Waals surface area contributed by atoms with Crippen molar-refractivity contribution in [1.29, 1.82) is 0 Å². The topological polar surface area (TPSA) is 50.2 Å². The van der Waals surface area contributed by atoms with E-state index >= 15 is 0 Å². The van der Waals surface area contributed by atoms with Gasteiger partial charge in [0.05, 0.1) is 5.69 Å². The lowest BCUT2D eigenvalue weighted by Gasteiger charge is -2.04. The first-order valence-corrected chi connectivity index (χ1v) is 3.52. The fraction of sp³-hybridized carbons (Fsp3) is 0.111. The molecule has 1 N–H and O–H groups in total. The number of carbonyl (C=O) groups is 1. The maximum atomic E-state index is 10.6. The molecular weight excluding hydrogens is 154 g/mol. The van der Waals surface area contributed by atoms with Crippen LogP contribution in [0.4, 0.5) is 0 Å². The van der Waals surface area contributed by atoms with Crippen molar-refractivity contribution in [2.45, 2.75) is 5.92 Å². The zero-order valence-electron chi connectivity index (χ0n) is 6.47. The molecule has 3 heteroatoms. The fourth-order valence-electron chi connectivity index (χ4n) is 0.908. The third-order valence-electron chi connectivity index (χ3n) is 1.51. The summed E-state index contributed by atoms with van der Waals surface area (Å²) in [5.41, 5.74) is 0.514. The molecule has 1 atom stereocenters. The summed E-state index contributed by atoms with van der Waals surface area (Å²) in [6.45, 7) is 3.44. The summed E-state index contributed by atoms with van der Waals surface area (Å²) in [5, 5.41) is 8.72. The van der Waals surface area contributed by atoms with Gasteiger partial charge in [-0.2, -0.15) is 0 Å². The van der Waals surface area contributed by atoms with E-state index in [1.807, 2.05) is 0 Å². The maximum absolute atomic E-state index is 10.6. The van der Waals surface area contributed by atoms with E-state index in [0.29, 0.717) is 5.69 Å². The minimum Gasteiger partial charge on any atom is -0.481 e. The molecule has 0 aliphatic carbocycles. The minimum atomic E-state index is -0.927. The third kappa shape index (κ3) is 1.69. The summed E-state index contributed by atoms with van der Waals surface area (Å²) in [6.07, 6.45) is 2.93. The average molecular weight is 163 g/mol. The Kier molecular flexibility index (Phi) is 2.58. The Morgan fingerprint density at radius 3 is 2.83 bits per heavy atom. The van der Waals surface area contributed by atoms with E-state index in [-0.39, 0.29) is 0 Å². The summed E-state index contributed by atoms with van der Waals surface area (Å²) in [4.78, 5) is 14.5. The van der Waals surface area contributed by atoms with Gasteiger partial charge < -0.3 is 5.11 Å². The molecule has 0 fully saturated rings. The number of nitrogens with zero attached hydrogens (tertiary/aromatic N) is 1. The van der Waals surface area contributed by atoms with Gasteiger partial charge in [-0.25, -0.2) is 0 Å². The van der Waals surface area contributed by atoms with Gasteiger partial charge in [0.2, 0.25) is 0 Å². The van der Waals surface area contributed by atoms with Crippen molar-refractivity contribution in [3.63, 3.8) is 0 Å². The van der Waals surface area contributed by atoms with Crippen molar-refractivity contribution in [1.82, 2.24) is 4.98 Å². The second-order valence-corrected chi connectivity index (χ2v) is 2.31. The number of aliphatic carboxylic acids is 1. The largest absolute Gasteiger partial charge is 0.481 e. The van der Waals surface area contributed by atoms with E-state index < -0.39 is 11.9 Å². The predicted molar refractivity (Wildman–Crippen MR) is 44.8 cm³/mol. The number of carboxylic acid groups (broad SMARTS) is 1. The van der Waals surface area contributed by atoms with Gasteiger partial charge in [-0.15, -0.1) is 6.58 Å². The Morgan fingerprint density at radius 2 is 2.42 bits per heavy atom. The molecule has 0 amide bonds. The van der Waals surface area contributed by atoms with Crippen molar-refractivity contribution in [3.8, 4) is 0 Å². The Balaban J connectivity index is 2.95. The molecule has 62 valence electrons. The lowest BCUT2D eigenvalue weighted by molar-refractivity contribution is -0.137. The Bertz CT molecular complexity index is 282. The second-order valence-electron chi connectivity index (χ2n) is 2.31. The van der Waals surface area contributed by atoms with Crippen LogP contribution in [0, 0.1) is 0 Å². The molecule has 3 nitrogen and oxygen atoms in total. The van der Waals surface area contributed by atoms with Crippen LogP contribution in [0.15, 0.2) is 37.1 Å². The molecule has 1 unspecified atom stereocenters. The van der Waals surface area contributed by atoms with E-state index in [4.69, 9.17) is 5.11 Å². The lowest BCUT2D eigenvalue weighted by atomic mass is 10.1. The standard InChI is InChI=1S/C9H9NO2/c1-2-7(9(11)12)8-5-3-4-6-10-8/h2-7H,1H2,(H,11,12). The minimum absolute atomic E-state index is 0.514. The molecule has 0 bridgehead atoms. The zero-order chi connectivity index (χ0) is 8.97. The van der Waals surface area contributed by atoms with Gasteiger partial charge in [-0.1, -0.05) is 12.1 Å².